The molecule has 0 unspecified atom stereocenters. The zero-order valence-corrected chi connectivity index (χ0v) is 10.7. The summed E-state index contributed by atoms with van der Waals surface area (Å²) in [6, 6.07) is 2.76. The molecule has 0 heterocycles. The van der Waals surface area contributed by atoms with E-state index in [1.54, 1.807) is 0 Å². The van der Waals surface area contributed by atoms with Gasteiger partial charge in [-0.2, -0.15) is 13.2 Å². The third-order valence-electron chi connectivity index (χ3n) is 2.35. The maximum Gasteiger partial charge on any atom is 0.416 e. The standard InChI is InChI=1S/C13H17F4N/c1-12(2,3)8-18-7-9-4-5-10(14)6-11(9)13(15,16)17/h4-6,18H,7-8H2,1-3H3. The van der Waals surface area contributed by atoms with Crippen molar-refractivity contribution >= 4 is 0 Å². The SMILES string of the molecule is CC(C)(C)CNCc1ccc(F)cc1C(F)(F)F. The molecule has 0 aliphatic rings. The fourth-order valence-electron chi connectivity index (χ4n) is 1.54. The van der Waals surface area contributed by atoms with Crippen LogP contribution in [0.3, 0.4) is 0 Å². The van der Waals surface area contributed by atoms with Crippen LogP contribution >= 0.6 is 0 Å². The molecule has 0 saturated carbocycles. The van der Waals surface area contributed by atoms with Crippen molar-refractivity contribution in [3.63, 3.8) is 0 Å². The molecule has 0 spiro atoms. The third kappa shape index (κ3) is 4.64. The molecule has 0 atom stereocenters. The number of alkyl halides is 3. The van der Waals surface area contributed by atoms with Gasteiger partial charge in [0.1, 0.15) is 5.82 Å². The van der Waals surface area contributed by atoms with Gasteiger partial charge in [0.2, 0.25) is 0 Å². The first-order valence-corrected chi connectivity index (χ1v) is 5.66. The molecule has 0 aromatic heterocycles. The van der Waals surface area contributed by atoms with Crippen LogP contribution in [-0.2, 0) is 12.7 Å². The normalized spacial score (nSPS) is 12.8. The number of rotatable bonds is 3. The van der Waals surface area contributed by atoms with Gasteiger partial charge in [0, 0.05) is 13.1 Å². The summed E-state index contributed by atoms with van der Waals surface area (Å²) in [5.74, 6) is -0.873. The van der Waals surface area contributed by atoms with E-state index < -0.39 is 17.6 Å². The fraction of sp³-hybridized carbons (Fsp3) is 0.538. The van der Waals surface area contributed by atoms with Crippen LogP contribution in [0.15, 0.2) is 18.2 Å². The predicted octanol–water partition coefficient (Wildman–Crippen LogP) is 3.98. The van der Waals surface area contributed by atoms with Gasteiger partial charge >= 0.3 is 6.18 Å². The van der Waals surface area contributed by atoms with E-state index >= 15 is 0 Å². The van der Waals surface area contributed by atoms with Crippen LogP contribution in [0.25, 0.3) is 0 Å². The van der Waals surface area contributed by atoms with Gasteiger partial charge in [0.25, 0.3) is 0 Å². The second-order valence-corrected chi connectivity index (χ2v) is 5.46. The molecule has 1 aromatic rings. The van der Waals surface area contributed by atoms with Crippen LogP contribution in [0.5, 0.6) is 0 Å². The summed E-state index contributed by atoms with van der Waals surface area (Å²) in [6.07, 6.45) is -4.53. The Hall–Kier alpha value is -1.10. The Morgan fingerprint density at radius 3 is 2.22 bits per heavy atom. The lowest BCUT2D eigenvalue weighted by Crippen LogP contribution is -2.27. The number of hydrogen-bond donors (Lipinski definition) is 1. The molecule has 1 rings (SSSR count). The zero-order valence-electron chi connectivity index (χ0n) is 10.7. The molecule has 1 N–H and O–H groups in total. The predicted molar refractivity (Wildman–Crippen MR) is 62.6 cm³/mol. The number of halogens is 4. The van der Waals surface area contributed by atoms with Crippen molar-refractivity contribution in [2.75, 3.05) is 6.54 Å². The van der Waals surface area contributed by atoms with Gasteiger partial charge in [-0.15, -0.1) is 0 Å². The van der Waals surface area contributed by atoms with Crippen LogP contribution in [0.1, 0.15) is 31.9 Å². The smallest absolute Gasteiger partial charge is 0.312 e. The molecule has 1 nitrogen and oxygen atoms in total. The molecule has 0 aliphatic carbocycles. The lowest BCUT2D eigenvalue weighted by molar-refractivity contribution is -0.138. The molecule has 5 heteroatoms. The largest absolute Gasteiger partial charge is 0.416 e. The minimum atomic E-state index is -4.53. The highest BCUT2D eigenvalue weighted by Gasteiger charge is 2.33. The first-order valence-electron chi connectivity index (χ1n) is 5.66. The first-order chi connectivity index (χ1) is 8.09. The monoisotopic (exact) mass is 263 g/mol. The number of nitrogens with one attached hydrogen (secondary N) is 1. The van der Waals surface area contributed by atoms with E-state index in [0.717, 1.165) is 6.07 Å². The Bertz CT molecular complexity index is 404. The summed E-state index contributed by atoms with van der Waals surface area (Å²) in [6.45, 7) is 6.61. The van der Waals surface area contributed by atoms with E-state index in [9.17, 15) is 17.6 Å². The van der Waals surface area contributed by atoms with Crippen molar-refractivity contribution in [2.24, 2.45) is 5.41 Å². The molecule has 0 fully saturated rings. The van der Waals surface area contributed by atoms with Crippen molar-refractivity contribution in [2.45, 2.75) is 33.5 Å². The average Bonchev–Trinajstić information content (AvgIpc) is 2.17. The van der Waals surface area contributed by atoms with Crippen molar-refractivity contribution in [1.82, 2.24) is 5.32 Å². The Morgan fingerprint density at radius 2 is 1.72 bits per heavy atom. The molecular weight excluding hydrogens is 246 g/mol. The van der Waals surface area contributed by atoms with Gasteiger partial charge < -0.3 is 5.32 Å². The maximum absolute atomic E-state index is 12.9. The Morgan fingerprint density at radius 1 is 1.11 bits per heavy atom. The Kier molecular flexibility index (Phi) is 4.37. The highest BCUT2D eigenvalue weighted by atomic mass is 19.4. The van der Waals surface area contributed by atoms with E-state index in [2.05, 4.69) is 5.32 Å². The summed E-state index contributed by atoms with van der Waals surface area (Å²) >= 11 is 0. The summed E-state index contributed by atoms with van der Waals surface area (Å²) in [5, 5.41) is 2.95. The van der Waals surface area contributed by atoms with Gasteiger partial charge in [0.05, 0.1) is 5.56 Å². The summed E-state index contributed by atoms with van der Waals surface area (Å²) in [5.41, 5.74) is -0.865. The van der Waals surface area contributed by atoms with Crippen LogP contribution in [0.4, 0.5) is 17.6 Å². The first kappa shape index (κ1) is 15.0. The molecule has 102 valence electrons. The van der Waals surface area contributed by atoms with Crippen molar-refractivity contribution in [3.8, 4) is 0 Å². The quantitative estimate of drug-likeness (QED) is 0.813. The minimum Gasteiger partial charge on any atom is -0.312 e. The number of benzene rings is 1. The Labute approximate surface area is 104 Å². The topological polar surface area (TPSA) is 12.0 Å². The molecule has 0 bridgehead atoms. The Balaban J connectivity index is 2.83. The molecule has 0 aliphatic heterocycles. The van der Waals surface area contributed by atoms with E-state index in [-0.39, 0.29) is 17.5 Å². The average molecular weight is 263 g/mol. The molecule has 0 amide bonds. The van der Waals surface area contributed by atoms with Crippen LogP contribution in [-0.4, -0.2) is 6.54 Å². The summed E-state index contributed by atoms with van der Waals surface area (Å²) in [7, 11) is 0. The van der Waals surface area contributed by atoms with Crippen LogP contribution < -0.4 is 5.32 Å². The van der Waals surface area contributed by atoms with E-state index in [1.165, 1.54) is 6.07 Å². The highest BCUT2D eigenvalue weighted by Crippen LogP contribution is 2.32. The number of hydrogen-bond acceptors (Lipinski definition) is 1. The maximum atomic E-state index is 12.9. The van der Waals surface area contributed by atoms with Crippen LogP contribution in [0, 0.1) is 11.2 Å². The van der Waals surface area contributed by atoms with Gasteiger partial charge in [-0.05, 0) is 23.1 Å². The lowest BCUT2D eigenvalue weighted by Gasteiger charge is -2.20. The minimum absolute atomic E-state index is 0.0155. The molecule has 0 radical (unpaired) electrons. The van der Waals surface area contributed by atoms with Gasteiger partial charge in [0.15, 0.2) is 0 Å². The van der Waals surface area contributed by atoms with Crippen molar-refractivity contribution in [1.29, 1.82) is 0 Å². The van der Waals surface area contributed by atoms with Crippen molar-refractivity contribution < 1.29 is 17.6 Å². The second kappa shape index (κ2) is 5.26. The lowest BCUT2D eigenvalue weighted by atomic mass is 9.97. The van der Waals surface area contributed by atoms with Gasteiger partial charge in [-0.1, -0.05) is 26.8 Å². The van der Waals surface area contributed by atoms with E-state index in [1.807, 2.05) is 20.8 Å². The second-order valence-electron chi connectivity index (χ2n) is 5.46. The zero-order chi connectivity index (χ0) is 14.0. The van der Waals surface area contributed by atoms with Gasteiger partial charge in [-0.25, -0.2) is 4.39 Å². The molecule has 18 heavy (non-hydrogen) atoms. The fourth-order valence-corrected chi connectivity index (χ4v) is 1.54. The van der Waals surface area contributed by atoms with E-state index in [0.29, 0.717) is 12.6 Å². The molecular formula is C13H17F4N. The van der Waals surface area contributed by atoms with Crippen LogP contribution in [0.2, 0.25) is 0 Å². The van der Waals surface area contributed by atoms with Gasteiger partial charge in [-0.3, -0.25) is 0 Å². The van der Waals surface area contributed by atoms with Crippen molar-refractivity contribution in [3.05, 3.63) is 35.1 Å². The summed E-state index contributed by atoms with van der Waals surface area (Å²) in [4.78, 5) is 0. The third-order valence-corrected chi connectivity index (χ3v) is 2.35. The molecule has 0 saturated heterocycles. The highest BCUT2D eigenvalue weighted by molar-refractivity contribution is 5.30. The molecule has 1 aromatic carbocycles. The summed E-state index contributed by atoms with van der Waals surface area (Å²) < 4.78 is 51.0. The van der Waals surface area contributed by atoms with E-state index in [4.69, 9.17) is 0 Å².